The standard InChI is InChI=1S/C17H18NO3/c1-13-8-14(11-21-19-2)9-15-10-18(12-20-17(13)15)16-6-4-3-5-7-16/h3-10H,11-12H2,1-2H3/q+1. The Kier molecular flexibility index (Phi) is 3.99. The van der Waals surface area contributed by atoms with E-state index in [1.54, 1.807) is 0 Å². The lowest BCUT2D eigenvalue weighted by Crippen LogP contribution is -2.21. The second-order valence-electron chi connectivity index (χ2n) is 4.97. The van der Waals surface area contributed by atoms with Gasteiger partial charge in [0.2, 0.25) is 5.69 Å². The number of para-hydroxylation sites is 1. The van der Waals surface area contributed by atoms with Gasteiger partial charge in [-0.1, -0.05) is 18.2 Å². The monoisotopic (exact) mass is 284 g/mol. The molecule has 2 aromatic carbocycles. The van der Waals surface area contributed by atoms with Crippen molar-refractivity contribution in [3.05, 3.63) is 59.2 Å². The first-order chi connectivity index (χ1) is 10.3. The van der Waals surface area contributed by atoms with Crippen molar-refractivity contribution in [1.29, 1.82) is 0 Å². The normalized spacial score (nSPS) is 13.3. The smallest absolute Gasteiger partial charge is 0.292 e. The number of benzene rings is 2. The van der Waals surface area contributed by atoms with Gasteiger partial charge in [0.1, 0.15) is 12.4 Å². The van der Waals surface area contributed by atoms with E-state index in [1.165, 1.54) is 7.11 Å². The molecule has 0 radical (unpaired) electrons. The molecular formula is C17H18NO3+. The van der Waals surface area contributed by atoms with Gasteiger partial charge in [-0.15, -0.1) is 0 Å². The highest BCUT2D eigenvalue weighted by molar-refractivity contribution is 5.82. The first kappa shape index (κ1) is 13.8. The molecule has 4 heteroatoms. The van der Waals surface area contributed by atoms with Gasteiger partial charge in [0, 0.05) is 12.1 Å². The van der Waals surface area contributed by atoms with Crippen LogP contribution < -0.4 is 4.74 Å². The number of nitrogens with zero attached hydrogens (tertiary/aromatic N) is 1. The average molecular weight is 284 g/mol. The number of rotatable bonds is 4. The van der Waals surface area contributed by atoms with Crippen LogP contribution in [0.3, 0.4) is 0 Å². The molecule has 0 spiro atoms. The van der Waals surface area contributed by atoms with E-state index in [0.717, 1.165) is 28.1 Å². The van der Waals surface area contributed by atoms with Crippen molar-refractivity contribution in [2.75, 3.05) is 13.8 Å². The fourth-order valence-corrected chi connectivity index (χ4v) is 2.49. The van der Waals surface area contributed by atoms with Gasteiger partial charge in [-0.05, 0) is 30.2 Å². The highest BCUT2D eigenvalue weighted by atomic mass is 17.2. The zero-order chi connectivity index (χ0) is 14.7. The van der Waals surface area contributed by atoms with Crippen LogP contribution in [0.5, 0.6) is 5.75 Å². The van der Waals surface area contributed by atoms with Crippen LogP contribution in [0, 0.1) is 6.92 Å². The van der Waals surface area contributed by atoms with Crippen LogP contribution in [0.1, 0.15) is 16.7 Å². The number of ether oxygens (including phenoxy) is 1. The summed E-state index contributed by atoms with van der Waals surface area (Å²) in [5.74, 6) is 0.934. The zero-order valence-electron chi connectivity index (χ0n) is 12.2. The Morgan fingerprint density at radius 2 is 2.00 bits per heavy atom. The molecule has 0 aromatic heterocycles. The summed E-state index contributed by atoms with van der Waals surface area (Å²) in [5.41, 5.74) is 4.33. The molecule has 0 aliphatic carbocycles. The molecule has 1 aliphatic rings. The van der Waals surface area contributed by atoms with Gasteiger partial charge < -0.3 is 4.74 Å². The molecule has 0 atom stereocenters. The lowest BCUT2D eigenvalue weighted by molar-refractivity contribution is -0.476. The van der Waals surface area contributed by atoms with Gasteiger partial charge in [-0.2, -0.15) is 4.58 Å². The van der Waals surface area contributed by atoms with Crippen LogP contribution in [-0.2, 0) is 16.4 Å². The molecule has 0 saturated carbocycles. The van der Waals surface area contributed by atoms with E-state index in [-0.39, 0.29) is 0 Å². The predicted octanol–water partition coefficient (Wildman–Crippen LogP) is 3.19. The lowest BCUT2D eigenvalue weighted by Gasteiger charge is -2.16. The number of hydrogen-bond donors (Lipinski definition) is 0. The molecule has 0 N–H and O–H groups in total. The Balaban J connectivity index is 1.97. The van der Waals surface area contributed by atoms with Gasteiger partial charge in [-0.25, -0.2) is 9.78 Å². The number of fused-ring (bicyclic) bond motifs is 1. The van der Waals surface area contributed by atoms with Gasteiger partial charge >= 0.3 is 0 Å². The first-order valence-electron chi connectivity index (χ1n) is 6.86. The Bertz CT molecular complexity index is 665. The molecule has 21 heavy (non-hydrogen) atoms. The molecular weight excluding hydrogens is 266 g/mol. The Hall–Kier alpha value is -2.17. The summed E-state index contributed by atoms with van der Waals surface area (Å²) in [7, 11) is 1.51. The average Bonchev–Trinajstić information content (AvgIpc) is 2.53. The number of hydrogen-bond acceptors (Lipinski definition) is 3. The Morgan fingerprint density at radius 3 is 2.76 bits per heavy atom. The zero-order valence-corrected chi connectivity index (χ0v) is 12.2. The number of aryl methyl sites for hydroxylation is 1. The van der Waals surface area contributed by atoms with E-state index in [2.05, 4.69) is 39.9 Å². The third kappa shape index (κ3) is 2.96. The van der Waals surface area contributed by atoms with Crippen molar-refractivity contribution >= 4 is 11.9 Å². The largest absolute Gasteiger partial charge is 0.435 e. The third-order valence-electron chi connectivity index (χ3n) is 3.44. The van der Waals surface area contributed by atoms with Crippen molar-refractivity contribution < 1.29 is 19.1 Å². The fraction of sp³-hybridized carbons (Fsp3) is 0.235. The summed E-state index contributed by atoms with van der Waals surface area (Å²) in [6.45, 7) is 2.98. The lowest BCUT2D eigenvalue weighted by atomic mass is 10.0. The topological polar surface area (TPSA) is 30.7 Å². The molecule has 108 valence electrons. The van der Waals surface area contributed by atoms with Crippen molar-refractivity contribution in [2.24, 2.45) is 0 Å². The maximum atomic E-state index is 5.90. The first-order valence-corrected chi connectivity index (χ1v) is 6.86. The van der Waals surface area contributed by atoms with E-state index in [9.17, 15) is 0 Å². The van der Waals surface area contributed by atoms with Crippen molar-refractivity contribution in [1.82, 2.24) is 0 Å². The quantitative estimate of drug-likeness (QED) is 0.491. The Labute approximate surface area is 124 Å². The molecule has 4 nitrogen and oxygen atoms in total. The minimum Gasteiger partial charge on any atom is -0.435 e. The van der Waals surface area contributed by atoms with Gasteiger partial charge in [-0.3, -0.25) is 0 Å². The van der Waals surface area contributed by atoms with Crippen LogP contribution in [0.4, 0.5) is 5.69 Å². The van der Waals surface area contributed by atoms with Crippen molar-refractivity contribution in [3.8, 4) is 5.75 Å². The highest BCUT2D eigenvalue weighted by Gasteiger charge is 2.21. The second kappa shape index (κ2) is 6.08. The molecule has 3 rings (SSSR count). The van der Waals surface area contributed by atoms with E-state index in [0.29, 0.717) is 13.3 Å². The molecule has 0 unspecified atom stereocenters. The molecule has 0 fully saturated rings. The highest BCUT2D eigenvalue weighted by Crippen LogP contribution is 2.28. The summed E-state index contributed by atoms with van der Waals surface area (Å²) < 4.78 is 7.99. The van der Waals surface area contributed by atoms with Crippen LogP contribution in [0.25, 0.3) is 0 Å². The minimum absolute atomic E-state index is 0.420. The summed E-state index contributed by atoms with van der Waals surface area (Å²) in [5, 5.41) is 0. The van der Waals surface area contributed by atoms with Gasteiger partial charge in [0.15, 0.2) is 6.21 Å². The summed E-state index contributed by atoms with van der Waals surface area (Å²) in [4.78, 5) is 9.68. The maximum absolute atomic E-state index is 5.90. The van der Waals surface area contributed by atoms with Crippen LogP contribution >= 0.6 is 0 Å². The summed E-state index contributed by atoms with van der Waals surface area (Å²) in [6, 6.07) is 14.3. The van der Waals surface area contributed by atoms with Crippen molar-refractivity contribution in [3.63, 3.8) is 0 Å². The van der Waals surface area contributed by atoms with Crippen LogP contribution in [0.15, 0.2) is 42.5 Å². The molecule has 1 heterocycles. The SMILES string of the molecule is COOCc1cc(C)c2c(c1)C=[N+](c1ccccc1)CO2. The molecule has 1 aliphatic heterocycles. The van der Waals surface area contributed by atoms with E-state index in [1.807, 2.05) is 25.1 Å². The maximum Gasteiger partial charge on any atom is 0.292 e. The summed E-state index contributed by atoms with van der Waals surface area (Å²) in [6.07, 6.45) is 2.11. The summed E-state index contributed by atoms with van der Waals surface area (Å²) >= 11 is 0. The van der Waals surface area contributed by atoms with Gasteiger partial charge in [0.05, 0.1) is 12.7 Å². The fourth-order valence-electron chi connectivity index (χ4n) is 2.49. The van der Waals surface area contributed by atoms with E-state index >= 15 is 0 Å². The Morgan fingerprint density at radius 1 is 1.19 bits per heavy atom. The van der Waals surface area contributed by atoms with E-state index in [4.69, 9.17) is 9.62 Å². The van der Waals surface area contributed by atoms with Crippen molar-refractivity contribution in [2.45, 2.75) is 13.5 Å². The molecule has 0 bridgehead atoms. The minimum atomic E-state index is 0.420. The third-order valence-corrected chi connectivity index (χ3v) is 3.44. The predicted molar refractivity (Wildman–Crippen MR) is 80.0 cm³/mol. The van der Waals surface area contributed by atoms with Crippen LogP contribution in [-0.4, -0.2) is 24.6 Å². The molecule has 2 aromatic rings. The molecule has 0 saturated heterocycles. The molecule has 0 amide bonds. The van der Waals surface area contributed by atoms with E-state index < -0.39 is 0 Å². The van der Waals surface area contributed by atoms with Gasteiger partial charge in [0.25, 0.3) is 6.73 Å². The second-order valence-corrected chi connectivity index (χ2v) is 4.97. The van der Waals surface area contributed by atoms with Crippen LogP contribution in [0.2, 0.25) is 0 Å².